The van der Waals surface area contributed by atoms with Crippen LogP contribution in [-0.2, 0) is 4.79 Å². The van der Waals surface area contributed by atoms with Gasteiger partial charge in [0.05, 0.1) is 6.54 Å². The van der Waals surface area contributed by atoms with Crippen molar-refractivity contribution in [2.24, 2.45) is 16.6 Å². The Kier molecular flexibility index (Phi) is 6.25. The number of hydrogen-bond donors (Lipinski definition) is 3. The summed E-state index contributed by atoms with van der Waals surface area (Å²) in [7, 11) is 0. The highest BCUT2D eigenvalue weighted by molar-refractivity contribution is 5.79. The molecule has 1 aliphatic carbocycles. The zero-order valence-corrected chi connectivity index (χ0v) is 11.2. The normalized spacial score (nSPS) is 15.9. The van der Waals surface area contributed by atoms with Gasteiger partial charge in [-0.3, -0.25) is 4.79 Å². The maximum absolute atomic E-state index is 11.5. The number of nitrogens with zero attached hydrogens (tertiary/aromatic N) is 1. The van der Waals surface area contributed by atoms with E-state index in [1.165, 1.54) is 6.42 Å². The van der Waals surface area contributed by atoms with Gasteiger partial charge in [-0.2, -0.15) is 0 Å². The van der Waals surface area contributed by atoms with Crippen molar-refractivity contribution in [1.82, 2.24) is 10.6 Å². The average Bonchev–Trinajstić information content (AvgIpc) is 2.23. The van der Waals surface area contributed by atoms with Gasteiger partial charge in [-0.05, 0) is 26.2 Å². The third-order valence-electron chi connectivity index (χ3n) is 2.95. The summed E-state index contributed by atoms with van der Waals surface area (Å²) in [4.78, 5) is 15.6. The fourth-order valence-corrected chi connectivity index (χ4v) is 1.61. The molecule has 0 aliphatic heterocycles. The Balaban J connectivity index is 1.99. The van der Waals surface area contributed by atoms with Crippen molar-refractivity contribution in [3.05, 3.63) is 12.2 Å². The summed E-state index contributed by atoms with van der Waals surface area (Å²) in [6.45, 7) is 7.62. The number of hydrogen-bond acceptors (Lipinski definition) is 2. The van der Waals surface area contributed by atoms with Crippen LogP contribution < -0.4 is 16.4 Å². The number of carbonyl (C=O) groups is 1. The van der Waals surface area contributed by atoms with E-state index in [1.54, 1.807) is 0 Å². The van der Waals surface area contributed by atoms with Crippen LogP contribution in [0, 0.1) is 5.92 Å². The molecule has 0 saturated heterocycles. The molecule has 0 unspecified atom stereocenters. The van der Waals surface area contributed by atoms with Crippen LogP contribution in [0.2, 0.25) is 0 Å². The third-order valence-corrected chi connectivity index (χ3v) is 2.95. The molecule has 1 saturated carbocycles. The molecule has 5 heteroatoms. The minimum atomic E-state index is 0.199. The van der Waals surface area contributed by atoms with Crippen LogP contribution in [-0.4, -0.2) is 31.5 Å². The molecule has 0 aromatic rings. The van der Waals surface area contributed by atoms with Gasteiger partial charge in [-0.15, -0.1) is 0 Å². The first-order valence-electron chi connectivity index (χ1n) is 6.55. The maximum Gasteiger partial charge on any atom is 0.223 e. The first kappa shape index (κ1) is 14.5. The molecular formula is C13H24N4O. The first-order valence-corrected chi connectivity index (χ1v) is 6.55. The van der Waals surface area contributed by atoms with Crippen molar-refractivity contribution in [1.29, 1.82) is 0 Å². The molecule has 0 atom stereocenters. The number of aliphatic imine (C=N–C) groups is 1. The van der Waals surface area contributed by atoms with Crippen LogP contribution in [0.25, 0.3) is 0 Å². The minimum Gasteiger partial charge on any atom is -0.370 e. The molecule has 18 heavy (non-hydrogen) atoms. The van der Waals surface area contributed by atoms with Gasteiger partial charge < -0.3 is 16.4 Å². The minimum absolute atomic E-state index is 0.199. The van der Waals surface area contributed by atoms with E-state index in [0.717, 1.165) is 31.4 Å². The van der Waals surface area contributed by atoms with Gasteiger partial charge in [0.25, 0.3) is 0 Å². The lowest BCUT2D eigenvalue weighted by molar-refractivity contribution is -0.127. The van der Waals surface area contributed by atoms with Crippen molar-refractivity contribution in [3.8, 4) is 0 Å². The van der Waals surface area contributed by atoms with E-state index < -0.39 is 0 Å². The van der Waals surface area contributed by atoms with Crippen molar-refractivity contribution >= 4 is 11.9 Å². The lowest BCUT2D eigenvalue weighted by Gasteiger charge is -2.24. The standard InChI is InChI=1S/C13H24N4O/c1-10(2)9-17-13(14)16-8-4-7-15-12(18)11-5-3-6-11/h11H,1,3-9H2,2H3,(H,15,18)(H3,14,16,17). The number of amides is 1. The van der Waals surface area contributed by atoms with E-state index in [0.29, 0.717) is 19.0 Å². The first-order chi connectivity index (χ1) is 8.59. The number of nitrogens with one attached hydrogen (secondary N) is 2. The van der Waals surface area contributed by atoms with Crippen molar-refractivity contribution in [3.63, 3.8) is 0 Å². The molecule has 0 heterocycles. The largest absolute Gasteiger partial charge is 0.370 e. The third kappa shape index (κ3) is 5.70. The highest BCUT2D eigenvalue weighted by Crippen LogP contribution is 2.25. The molecular weight excluding hydrogens is 228 g/mol. The van der Waals surface area contributed by atoms with Crippen LogP contribution in [0.4, 0.5) is 0 Å². The van der Waals surface area contributed by atoms with Gasteiger partial charge in [0.1, 0.15) is 0 Å². The van der Waals surface area contributed by atoms with E-state index in [4.69, 9.17) is 5.73 Å². The predicted molar refractivity (Wildman–Crippen MR) is 74.3 cm³/mol. The van der Waals surface area contributed by atoms with E-state index in [-0.39, 0.29) is 11.8 Å². The summed E-state index contributed by atoms with van der Waals surface area (Å²) >= 11 is 0. The van der Waals surface area contributed by atoms with Crippen molar-refractivity contribution in [2.45, 2.75) is 32.6 Å². The Morgan fingerprint density at radius 3 is 2.61 bits per heavy atom. The zero-order chi connectivity index (χ0) is 13.4. The monoisotopic (exact) mass is 252 g/mol. The molecule has 1 rings (SSSR count). The maximum atomic E-state index is 11.5. The van der Waals surface area contributed by atoms with Gasteiger partial charge in [-0.25, -0.2) is 4.99 Å². The predicted octanol–water partition coefficient (Wildman–Crippen LogP) is 0.773. The Hall–Kier alpha value is -1.52. The lowest BCUT2D eigenvalue weighted by atomic mass is 9.85. The van der Waals surface area contributed by atoms with Gasteiger partial charge in [0, 0.05) is 19.0 Å². The fraction of sp³-hybridized carbons (Fsp3) is 0.692. The Bertz CT molecular complexity index is 321. The van der Waals surface area contributed by atoms with Crippen LogP contribution in [0.5, 0.6) is 0 Å². The van der Waals surface area contributed by atoms with Crippen LogP contribution in [0.3, 0.4) is 0 Å². The molecule has 0 aromatic carbocycles. The Labute approximate surface area is 109 Å². The molecule has 0 radical (unpaired) electrons. The van der Waals surface area contributed by atoms with Gasteiger partial charge >= 0.3 is 0 Å². The lowest BCUT2D eigenvalue weighted by Crippen LogP contribution is -2.37. The fourth-order valence-electron chi connectivity index (χ4n) is 1.61. The summed E-state index contributed by atoms with van der Waals surface area (Å²) < 4.78 is 0. The van der Waals surface area contributed by atoms with Crippen LogP contribution in [0.1, 0.15) is 32.6 Å². The van der Waals surface area contributed by atoms with Crippen molar-refractivity contribution < 1.29 is 4.79 Å². The second-order valence-electron chi connectivity index (χ2n) is 4.86. The summed E-state index contributed by atoms with van der Waals surface area (Å²) in [5.41, 5.74) is 6.63. The zero-order valence-electron chi connectivity index (χ0n) is 11.2. The second-order valence-corrected chi connectivity index (χ2v) is 4.86. The summed E-state index contributed by atoms with van der Waals surface area (Å²) in [6, 6.07) is 0. The van der Waals surface area contributed by atoms with E-state index in [2.05, 4.69) is 22.2 Å². The highest BCUT2D eigenvalue weighted by atomic mass is 16.1. The molecule has 1 amide bonds. The summed E-state index contributed by atoms with van der Waals surface area (Å²) in [5, 5.41) is 5.94. The average molecular weight is 252 g/mol. The smallest absolute Gasteiger partial charge is 0.223 e. The summed E-state index contributed by atoms with van der Waals surface area (Å²) in [5.74, 6) is 0.897. The Morgan fingerprint density at radius 2 is 2.06 bits per heavy atom. The second kappa shape index (κ2) is 7.74. The van der Waals surface area contributed by atoms with Gasteiger partial charge in [0.15, 0.2) is 5.96 Å². The highest BCUT2D eigenvalue weighted by Gasteiger charge is 2.24. The van der Waals surface area contributed by atoms with E-state index in [9.17, 15) is 4.79 Å². The molecule has 0 aromatic heterocycles. The number of rotatable bonds is 7. The quantitative estimate of drug-likeness (QED) is 0.271. The van der Waals surface area contributed by atoms with Gasteiger partial charge in [0.2, 0.25) is 5.91 Å². The van der Waals surface area contributed by atoms with E-state index >= 15 is 0 Å². The number of guanidine groups is 1. The molecule has 4 N–H and O–H groups in total. The van der Waals surface area contributed by atoms with Crippen LogP contribution in [0.15, 0.2) is 17.1 Å². The molecule has 102 valence electrons. The summed E-state index contributed by atoms with van der Waals surface area (Å²) in [6.07, 6.45) is 4.13. The van der Waals surface area contributed by atoms with E-state index in [1.807, 2.05) is 6.92 Å². The molecule has 0 bridgehead atoms. The SMILES string of the molecule is C=C(C)CN=C(N)NCCCNC(=O)C1CCC1. The van der Waals surface area contributed by atoms with Crippen molar-refractivity contribution in [2.75, 3.05) is 19.6 Å². The topological polar surface area (TPSA) is 79.5 Å². The number of nitrogens with two attached hydrogens (primary N) is 1. The molecule has 1 aliphatic rings. The molecule has 5 nitrogen and oxygen atoms in total. The van der Waals surface area contributed by atoms with Gasteiger partial charge in [-0.1, -0.05) is 18.6 Å². The number of carbonyl (C=O) groups excluding carboxylic acids is 1. The molecule has 1 fully saturated rings. The Morgan fingerprint density at radius 1 is 1.39 bits per heavy atom. The van der Waals surface area contributed by atoms with Crippen LogP contribution >= 0.6 is 0 Å². The molecule has 0 spiro atoms.